The van der Waals surface area contributed by atoms with E-state index in [0.29, 0.717) is 5.54 Å². The van der Waals surface area contributed by atoms with Crippen LogP contribution in [0.4, 0.5) is 0 Å². The second-order valence-electron chi connectivity index (χ2n) is 6.32. The van der Waals surface area contributed by atoms with Crippen LogP contribution in [0.25, 0.3) is 0 Å². The van der Waals surface area contributed by atoms with Crippen molar-refractivity contribution in [1.29, 1.82) is 0 Å². The molecule has 4 heteroatoms. The Hall–Kier alpha value is -0.870. The molecule has 2 atom stereocenters. The molecule has 2 aliphatic heterocycles. The van der Waals surface area contributed by atoms with E-state index in [9.17, 15) is 0 Å². The van der Waals surface area contributed by atoms with E-state index in [0.717, 1.165) is 24.8 Å². The van der Waals surface area contributed by atoms with Gasteiger partial charge in [0.05, 0.1) is 0 Å². The summed E-state index contributed by atoms with van der Waals surface area (Å²) in [6, 6.07) is 2.13. The quantitative estimate of drug-likeness (QED) is 0.862. The molecule has 0 spiro atoms. The lowest BCUT2D eigenvalue weighted by Crippen LogP contribution is -2.45. The summed E-state index contributed by atoms with van der Waals surface area (Å²) in [7, 11) is 2.03. The van der Waals surface area contributed by atoms with E-state index >= 15 is 0 Å². The number of likely N-dealkylation sites (tertiary alicyclic amines) is 1. The Morgan fingerprint density at radius 1 is 1.44 bits per heavy atom. The van der Waals surface area contributed by atoms with Crippen molar-refractivity contribution in [1.82, 2.24) is 20.0 Å². The van der Waals surface area contributed by atoms with E-state index in [1.807, 2.05) is 17.9 Å². The molecule has 3 rings (SSSR count). The number of hydrogen-bond donors (Lipinski definition) is 1. The van der Waals surface area contributed by atoms with Gasteiger partial charge in [-0.25, -0.2) is 0 Å². The molecule has 0 radical (unpaired) electrons. The minimum Gasteiger partial charge on any atom is -0.316 e. The molecule has 3 heterocycles. The van der Waals surface area contributed by atoms with E-state index in [1.165, 1.54) is 25.3 Å². The zero-order chi connectivity index (χ0) is 12.8. The van der Waals surface area contributed by atoms with Crippen molar-refractivity contribution in [3.05, 3.63) is 18.0 Å². The Morgan fingerprint density at radius 2 is 2.28 bits per heavy atom. The maximum absolute atomic E-state index is 4.24. The van der Waals surface area contributed by atoms with Crippen LogP contribution in [0.3, 0.4) is 0 Å². The van der Waals surface area contributed by atoms with Crippen molar-refractivity contribution in [2.45, 2.75) is 25.8 Å². The first-order chi connectivity index (χ1) is 8.59. The van der Waals surface area contributed by atoms with Crippen molar-refractivity contribution in [3.8, 4) is 0 Å². The van der Waals surface area contributed by atoms with Crippen molar-refractivity contribution >= 4 is 0 Å². The Morgan fingerprint density at radius 3 is 2.94 bits per heavy atom. The lowest BCUT2D eigenvalue weighted by atomic mass is 9.85. The normalized spacial score (nSPS) is 30.8. The van der Waals surface area contributed by atoms with E-state index in [1.54, 1.807) is 0 Å². The predicted octanol–water partition coefficient (Wildman–Crippen LogP) is 0.892. The number of hydrogen-bond acceptors (Lipinski definition) is 3. The van der Waals surface area contributed by atoms with Crippen molar-refractivity contribution in [2.75, 3.05) is 26.2 Å². The second-order valence-corrected chi connectivity index (χ2v) is 6.32. The van der Waals surface area contributed by atoms with Gasteiger partial charge in [-0.05, 0) is 38.3 Å². The third-order valence-electron chi connectivity index (χ3n) is 5.08. The summed E-state index contributed by atoms with van der Waals surface area (Å²) in [5, 5.41) is 7.78. The standard InChI is InChI=1S/C14H24N4/c1-14(2)13-9-15-8-11(13)10-18(14)7-5-12-4-6-16-17(12)3/h4,6,11,13,15H,5,7-10H2,1-3H3. The third-order valence-corrected chi connectivity index (χ3v) is 5.08. The molecule has 0 saturated carbocycles. The smallest absolute Gasteiger partial charge is 0.0492 e. The minimum absolute atomic E-state index is 0.340. The first kappa shape index (κ1) is 12.2. The van der Waals surface area contributed by atoms with Crippen LogP contribution in [0.15, 0.2) is 12.3 Å². The summed E-state index contributed by atoms with van der Waals surface area (Å²) >= 11 is 0. The molecule has 100 valence electrons. The highest BCUT2D eigenvalue weighted by atomic mass is 15.3. The van der Waals surface area contributed by atoms with Gasteiger partial charge in [0.2, 0.25) is 0 Å². The molecule has 1 aromatic rings. The van der Waals surface area contributed by atoms with Crippen molar-refractivity contribution < 1.29 is 0 Å². The molecule has 0 aliphatic carbocycles. The van der Waals surface area contributed by atoms with Crippen molar-refractivity contribution in [3.63, 3.8) is 0 Å². The van der Waals surface area contributed by atoms with E-state index in [2.05, 4.69) is 35.2 Å². The number of nitrogens with one attached hydrogen (secondary N) is 1. The van der Waals surface area contributed by atoms with Gasteiger partial charge in [-0.2, -0.15) is 5.10 Å². The molecule has 4 nitrogen and oxygen atoms in total. The minimum atomic E-state index is 0.340. The fourth-order valence-electron chi connectivity index (χ4n) is 3.78. The highest BCUT2D eigenvalue weighted by molar-refractivity contribution is 5.06. The second kappa shape index (κ2) is 4.35. The van der Waals surface area contributed by atoms with Crippen molar-refractivity contribution in [2.24, 2.45) is 18.9 Å². The largest absolute Gasteiger partial charge is 0.316 e. The van der Waals surface area contributed by atoms with Gasteiger partial charge in [0.15, 0.2) is 0 Å². The van der Waals surface area contributed by atoms with Gasteiger partial charge in [-0.1, -0.05) is 0 Å². The Kier molecular flexibility index (Phi) is 2.94. The average molecular weight is 248 g/mol. The summed E-state index contributed by atoms with van der Waals surface area (Å²) in [4.78, 5) is 2.68. The molecule has 2 aliphatic rings. The van der Waals surface area contributed by atoms with Crippen LogP contribution in [-0.2, 0) is 13.5 Å². The van der Waals surface area contributed by atoms with Gasteiger partial charge in [-0.3, -0.25) is 9.58 Å². The van der Waals surface area contributed by atoms with Crippen LogP contribution in [0.2, 0.25) is 0 Å². The topological polar surface area (TPSA) is 33.1 Å². The van der Waals surface area contributed by atoms with Gasteiger partial charge >= 0.3 is 0 Å². The Bertz CT molecular complexity index is 423. The molecular weight excluding hydrogens is 224 g/mol. The molecule has 1 aromatic heterocycles. The summed E-state index contributed by atoms with van der Waals surface area (Å²) in [6.07, 6.45) is 3.00. The number of fused-ring (bicyclic) bond motifs is 1. The summed E-state index contributed by atoms with van der Waals surface area (Å²) in [5.41, 5.74) is 1.67. The summed E-state index contributed by atoms with van der Waals surface area (Å²) < 4.78 is 1.99. The van der Waals surface area contributed by atoms with Gasteiger partial charge in [0, 0.05) is 50.5 Å². The molecule has 2 unspecified atom stereocenters. The highest BCUT2D eigenvalue weighted by Gasteiger charge is 2.48. The Balaban J connectivity index is 1.65. The zero-order valence-corrected chi connectivity index (χ0v) is 11.7. The molecule has 18 heavy (non-hydrogen) atoms. The molecule has 2 saturated heterocycles. The maximum atomic E-state index is 4.24. The molecule has 2 fully saturated rings. The first-order valence-electron chi connectivity index (χ1n) is 7.01. The van der Waals surface area contributed by atoms with Gasteiger partial charge in [-0.15, -0.1) is 0 Å². The molecule has 0 bridgehead atoms. The van der Waals surface area contributed by atoms with Crippen LogP contribution in [0.5, 0.6) is 0 Å². The number of aromatic nitrogens is 2. The number of nitrogens with zero attached hydrogens (tertiary/aromatic N) is 3. The fraction of sp³-hybridized carbons (Fsp3) is 0.786. The van der Waals surface area contributed by atoms with Crippen LogP contribution >= 0.6 is 0 Å². The summed E-state index contributed by atoms with van der Waals surface area (Å²) in [6.45, 7) is 9.63. The van der Waals surface area contributed by atoms with Crippen LogP contribution in [0.1, 0.15) is 19.5 Å². The van der Waals surface area contributed by atoms with Crippen LogP contribution < -0.4 is 5.32 Å². The van der Waals surface area contributed by atoms with E-state index in [4.69, 9.17) is 0 Å². The zero-order valence-electron chi connectivity index (χ0n) is 11.7. The van der Waals surface area contributed by atoms with E-state index in [-0.39, 0.29) is 0 Å². The molecule has 0 amide bonds. The highest BCUT2D eigenvalue weighted by Crippen LogP contribution is 2.40. The van der Waals surface area contributed by atoms with Gasteiger partial charge in [0.25, 0.3) is 0 Å². The maximum Gasteiger partial charge on any atom is 0.0492 e. The monoisotopic (exact) mass is 248 g/mol. The summed E-state index contributed by atoms with van der Waals surface area (Å²) in [5.74, 6) is 1.68. The lowest BCUT2D eigenvalue weighted by molar-refractivity contribution is 0.141. The number of aryl methyl sites for hydroxylation is 1. The molecule has 0 aromatic carbocycles. The van der Waals surface area contributed by atoms with E-state index < -0.39 is 0 Å². The molecular formula is C14H24N4. The fourth-order valence-corrected chi connectivity index (χ4v) is 3.78. The predicted molar refractivity (Wildman–Crippen MR) is 72.4 cm³/mol. The van der Waals surface area contributed by atoms with Crippen LogP contribution in [0, 0.1) is 11.8 Å². The average Bonchev–Trinajstić information content (AvgIpc) is 2.97. The van der Waals surface area contributed by atoms with Crippen LogP contribution in [-0.4, -0.2) is 46.4 Å². The lowest BCUT2D eigenvalue weighted by Gasteiger charge is -2.35. The number of rotatable bonds is 3. The van der Waals surface area contributed by atoms with Gasteiger partial charge in [0.1, 0.15) is 0 Å². The molecule has 1 N–H and O–H groups in total. The first-order valence-corrected chi connectivity index (χ1v) is 7.01. The van der Waals surface area contributed by atoms with Gasteiger partial charge < -0.3 is 5.32 Å². The SMILES string of the molecule is Cn1nccc1CCN1CC2CNCC2C1(C)C. The Labute approximate surface area is 109 Å². The third kappa shape index (κ3) is 1.88.